The number of hydrogen-bond acceptors (Lipinski definition) is 3. The number of halogens is 3. The van der Waals surface area contributed by atoms with E-state index in [2.05, 4.69) is 10.8 Å². The average Bonchev–Trinajstić information content (AvgIpc) is 2.52. The summed E-state index contributed by atoms with van der Waals surface area (Å²) in [7, 11) is -4.30. The molecule has 3 nitrogen and oxygen atoms in total. The molecule has 1 aliphatic rings. The third-order valence-electron chi connectivity index (χ3n) is 2.41. The highest BCUT2D eigenvalue weighted by Gasteiger charge is 2.59. The van der Waals surface area contributed by atoms with Crippen molar-refractivity contribution in [2.75, 3.05) is 0 Å². The van der Waals surface area contributed by atoms with E-state index in [-0.39, 0.29) is 12.8 Å². The lowest BCUT2D eigenvalue weighted by molar-refractivity contribution is -0.244. The molecule has 0 heterocycles. The van der Waals surface area contributed by atoms with Crippen LogP contribution in [0.4, 0.5) is 13.2 Å². The highest BCUT2D eigenvalue weighted by molar-refractivity contribution is 7.89. The van der Waals surface area contributed by atoms with Crippen LogP contribution < -0.4 is 0 Å². The summed E-state index contributed by atoms with van der Waals surface area (Å²) >= 11 is 0. The van der Waals surface area contributed by atoms with Crippen LogP contribution in [0.2, 0.25) is 0 Å². The maximum atomic E-state index is 12.7. The van der Waals surface area contributed by atoms with Crippen LogP contribution in [-0.4, -0.2) is 20.2 Å². The highest BCUT2D eigenvalue weighted by atomic mass is 32.2. The summed E-state index contributed by atoms with van der Waals surface area (Å²) in [6.07, 6.45) is -4.68. The Kier molecular flexibility index (Phi) is 3.16. The van der Waals surface area contributed by atoms with Gasteiger partial charge in [0.15, 0.2) is 5.60 Å². The van der Waals surface area contributed by atoms with Gasteiger partial charge in [0.05, 0.1) is 5.41 Å². The van der Waals surface area contributed by atoms with Crippen LogP contribution in [0, 0.1) is 0 Å². The minimum Gasteiger partial charge on any atom is -0.251 e. The van der Waals surface area contributed by atoms with Gasteiger partial charge in [0.25, 0.3) is 10.1 Å². The van der Waals surface area contributed by atoms with Gasteiger partial charge in [-0.25, -0.2) is 0 Å². The third-order valence-corrected chi connectivity index (χ3v) is 3.37. The first-order valence-electron chi connectivity index (χ1n) is 4.37. The summed E-state index contributed by atoms with van der Waals surface area (Å²) in [5, 5.41) is 0.388. The molecule has 0 spiro atoms. The lowest BCUT2D eigenvalue weighted by atomic mass is 10.0. The smallest absolute Gasteiger partial charge is 0.251 e. The number of hydrogen-bond donors (Lipinski definition) is 0. The first-order valence-corrected chi connectivity index (χ1v) is 5.84. The predicted molar refractivity (Wildman–Crippen MR) is 47.5 cm³/mol. The molecule has 88 valence electrons. The molecule has 0 amide bonds. The van der Waals surface area contributed by atoms with Crippen molar-refractivity contribution in [3.8, 4) is 0 Å². The van der Waals surface area contributed by atoms with Gasteiger partial charge >= 0.3 is 6.18 Å². The van der Waals surface area contributed by atoms with E-state index >= 15 is 0 Å². The fourth-order valence-corrected chi connectivity index (χ4v) is 2.39. The maximum absolute atomic E-state index is 12.7. The maximum Gasteiger partial charge on any atom is 0.418 e. The van der Waals surface area contributed by atoms with Crippen molar-refractivity contribution in [1.82, 2.24) is 0 Å². The molecule has 1 rings (SSSR count). The zero-order chi connectivity index (χ0) is 11.7. The zero-order valence-corrected chi connectivity index (χ0v) is 8.70. The summed E-state index contributed by atoms with van der Waals surface area (Å²) in [5.41, 5.74) is -2.54. The number of alkyl halides is 3. The summed E-state index contributed by atoms with van der Waals surface area (Å²) < 4.78 is 64.1. The van der Waals surface area contributed by atoms with Gasteiger partial charge in [0.1, 0.15) is 0 Å². The lowest BCUT2D eigenvalue weighted by Gasteiger charge is -2.29. The molecule has 7 heteroatoms. The molecule has 0 N–H and O–H groups in total. The summed E-state index contributed by atoms with van der Waals surface area (Å²) in [6.45, 7) is 2.91. The molecule has 0 bridgehead atoms. The fourth-order valence-electron chi connectivity index (χ4n) is 1.62. The lowest BCUT2D eigenvalue weighted by Crippen LogP contribution is -2.46. The van der Waals surface area contributed by atoms with Gasteiger partial charge in [-0.1, -0.05) is 19.4 Å². The molecule has 0 aromatic carbocycles. The first kappa shape index (κ1) is 12.5. The Balaban J connectivity index is 2.99. The molecule has 1 saturated carbocycles. The average molecular weight is 244 g/mol. The van der Waals surface area contributed by atoms with Gasteiger partial charge in [0.2, 0.25) is 0 Å². The standard InChI is InChI=1S/C8H11F3O3S/c1-2-15(12,13)14-7(8(9,10)11)5-3-4-6-7/h2H,1,3-6H2. The fraction of sp³-hybridized carbons (Fsp3) is 0.750. The van der Waals surface area contributed by atoms with E-state index in [1.54, 1.807) is 0 Å². The Labute approximate surface area is 86.0 Å². The topological polar surface area (TPSA) is 43.4 Å². The molecule has 0 unspecified atom stereocenters. The van der Waals surface area contributed by atoms with Crippen LogP contribution in [0.15, 0.2) is 12.0 Å². The van der Waals surface area contributed by atoms with E-state index < -0.39 is 21.9 Å². The minimum atomic E-state index is -4.67. The van der Waals surface area contributed by atoms with Gasteiger partial charge in [-0.3, -0.25) is 4.18 Å². The van der Waals surface area contributed by atoms with Gasteiger partial charge < -0.3 is 0 Å². The van der Waals surface area contributed by atoms with Crippen LogP contribution in [0.1, 0.15) is 25.7 Å². The third kappa shape index (κ3) is 2.52. The van der Waals surface area contributed by atoms with Crippen molar-refractivity contribution in [2.45, 2.75) is 37.5 Å². The van der Waals surface area contributed by atoms with E-state index in [0.717, 1.165) is 0 Å². The Hall–Kier alpha value is -0.560. The Morgan fingerprint density at radius 2 is 1.73 bits per heavy atom. The highest BCUT2D eigenvalue weighted by Crippen LogP contribution is 2.46. The summed E-state index contributed by atoms with van der Waals surface area (Å²) in [6, 6.07) is 0. The monoisotopic (exact) mass is 244 g/mol. The molecular weight excluding hydrogens is 233 g/mol. The molecule has 0 saturated heterocycles. The quantitative estimate of drug-likeness (QED) is 0.716. The predicted octanol–water partition coefficient (Wildman–Crippen LogP) is 2.35. The van der Waals surface area contributed by atoms with E-state index in [1.807, 2.05) is 0 Å². The second-order valence-electron chi connectivity index (χ2n) is 3.44. The second kappa shape index (κ2) is 3.79. The van der Waals surface area contributed by atoms with E-state index in [1.165, 1.54) is 0 Å². The number of rotatable bonds is 3. The molecule has 15 heavy (non-hydrogen) atoms. The Morgan fingerprint density at radius 1 is 1.27 bits per heavy atom. The molecule has 0 radical (unpaired) electrons. The largest absolute Gasteiger partial charge is 0.418 e. The van der Waals surface area contributed by atoms with Crippen molar-refractivity contribution < 1.29 is 25.8 Å². The van der Waals surface area contributed by atoms with Crippen LogP contribution in [0.5, 0.6) is 0 Å². The summed E-state index contributed by atoms with van der Waals surface area (Å²) in [5.74, 6) is 0. The van der Waals surface area contributed by atoms with Gasteiger partial charge in [0, 0.05) is 0 Å². The van der Waals surface area contributed by atoms with Crippen molar-refractivity contribution >= 4 is 10.1 Å². The van der Waals surface area contributed by atoms with Crippen molar-refractivity contribution in [3.63, 3.8) is 0 Å². The molecule has 0 aliphatic heterocycles. The molecule has 0 atom stereocenters. The molecular formula is C8H11F3O3S. The summed E-state index contributed by atoms with van der Waals surface area (Å²) in [4.78, 5) is 0. The molecule has 1 aliphatic carbocycles. The van der Waals surface area contributed by atoms with E-state index in [9.17, 15) is 21.6 Å². The van der Waals surface area contributed by atoms with E-state index in [4.69, 9.17) is 0 Å². The van der Waals surface area contributed by atoms with Crippen LogP contribution >= 0.6 is 0 Å². The zero-order valence-electron chi connectivity index (χ0n) is 7.88. The van der Waals surface area contributed by atoms with Crippen LogP contribution in [0.25, 0.3) is 0 Å². The molecule has 0 aromatic heterocycles. The van der Waals surface area contributed by atoms with Crippen LogP contribution in [0.3, 0.4) is 0 Å². The Bertz CT molecular complexity index is 339. The second-order valence-corrected chi connectivity index (χ2v) is 4.93. The molecule has 0 aromatic rings. The SMILES string of the molecule is C=CS(=O)(=O)OC1(C(F)(F)F)CCCC1. The van der Waals surface area contributed by atoms with Crippen molar-refractivity contribution in [1.29, 1.82) is 0 Å². The normalized spacial score (nSPS) is 21.5. The molecule has 1 fully saturated rings. The van der Waals surface area contributed by atoms with Crippen LogP contribution in [-0.2, 0) is 14.3 Å². The van der Waals surface area contributed by atoms with Gasteiger partial charge in [-0.05, 0) is 12.8 Å². The minimum absolute atomic E-state index is 0.312. The van der Waals surface area contributed by atoms with Crippen molar-refractivity contribution in [3.05, 3.63) is 12.0 Å². The van der Waals surface area contributed by atoms with Gasteiger partial charge in [-0.2, -0.15) is 21.6 Å². The first-order chi connectivity index (χ1) is 6.72. The van der Waals surface area contributed by atoms with Crippen molar-refractivity contribution in [2.24, 2.45) is 0 Å². The Morgan fingerprint density at radius 3 is 2.07 bits per heavy atom. The van der Waals surface area contributed by atoms with Gasteiger partial charge in [-0.15, -0.1) is 0 Å². The van der Waals surface area contributed by atoms with E-state index in [0.29, 0.717) is 18.2 Å².